The number of aliphatic hydroxyl groups is 2. The van der Waals surface area contributed by atoms with Crippen LogP contribution in [-0.2, 0) is 78.3 Å². The van der Waals surface area contributed by atoms with Gasteiger partial charge in [-0.05, 0) is 64.0 Å². The van der Waals surface area contributed by atoms with Crippen molar-refractivity contribution in [2.24, 2.45) is 45.3 Å². The number of nitrogens with one attached hydrogen (secondary N) is 10. The van der Waals surface area contributed by atoms with Gasteiger partial charge in [0.05, 0.1) is 44.4 Å². The van der Waals surface area contributed by atoms with Gasteiger partial charge in [0, 0.05) is 13.0 Å². The molecule has 0 aromatic heterocycles. The number of aliphatic hydroxyl groups excluding tert-OH is 2. The number of hydrogen-bond acceptors (Lipinski definition) is 20. The summed E-state index contributed by atoms with van der Waals surface area (Å²) in [6.45, 7) is 4.39. The number of primary amides is 2. The van der Waals surface area contributed by atoms with Crippen molar-refractivity contribution in [2.45, 2.75) is 171 Å². The normalized spacial score (nSPS) is 15.2. The van der Waals surface area contributed by atoms with E-state index >= 15 is 0 Å². The number of aliphatic imine (C=N–C) groups is 1. The van der Waals surface area contributed by atoms with Gasteiger partial charge in [-0.25, -0.2) is 4.79 Å². The lowest BCUT2D eigenvalue weighted by molar-refractivity contribution is -0.145. The molecule has 0 aliphatic rings. The minimum Gasteiger partial charge on any atom is -0.481 e. The van der Waals surface area contributed by atoms with Crippen LogP contribution in [0.5, 0.6) is 0 Å². The number of benzene rings is 1. The number of unbranched alkanes of at least 4 members (excludes halogenated alkanes) is 1. The van der Waals surface area contributed by atoms with Crippen LogP contribution in [0, 0.1) is 5.92 Å². The standard InChI is InChI=1S/C53H85N17O20/c1-5-24(2)40(69-51(88)41(26(4)72)70-48(85)30(18-27-12-7-6-8-13-27)64-43(80)28(55)14-11-17-60-53(58)59)50(87)68-35(23-71)49(86)62-29(15-9-10-16-54)44(81)66-33(22-39(77)78)46(83)65-31(19-36(56)73)45(82)61-25(3)42(79)63-32(21-38(75)76)47(84)67-34(52(89)90)20-37(57)74/h6-8,12-13,24-26,28-35,40-41,71-72H,5,9-11,14-23,54-55H2,1-4H3,(H2,56,73)(H2,57,74)(H,61,82)(H,62,86)(H,63,79)(H,64,80)(H,65,83)(H,66,81)(H,67,84)(H,68,87)(H,69,88)(H,70,85)(H,75,76)(H,77,78)(H,89,90)(H4,58,59,60)/t24-,25-,26+,28-,29-,30-,31-,32-,33-,34-,35-,40-,41-/m0/s1. The first-order valence-corrected chi connectivity index (χ1v) is 28.3. The fraction of sp³-hybridized carbons (Fsp3) is 0.585. The van der Waals surface area contributed by atoms with Gasteiger partial charge in [0.1, 0.15) is 60.4 Å². The highest BCUT2D eigenvalue weighted by molar-refractivity contribution is 6.01. The van der Waals surface area contributed by atoms with Crippen molar-refractivity contribution in [3.05, 3.63) is 35.9 Å². The van der Waals surface area contributed by atoms with Crippen LogP contribution >= 0.6 is 0 Å². The smallest absolute Gasteiger partial charge is 0.326 e. The van der Waals surface area contributed by atoms with E-state index in [-0.39, 0.29) is 57.6 Å². The van der Waals surface area contributed by atoms with E-state index in [4.69, 9.17) is 34.4 Å². The molecule has 0 fully saturated rings. The molecule has 0 heterocycles. The molecular formula is C53H85N17O20. The van der Waals surface area contributed by atoms with Gasteiger partial charge in [-0.2, -0.15) is 0 Å². The van der Waals surface area contributed by atoms with E-state index in [9.17, 15) is 97.5 Å². The zero-order valence-electron chi connectivity index (χ0n) is 50.1. The number of hydrogen-bond donors (Lipinski definition) is 21. The SMILES string of the molecule is CC[C@H](C)[C@H](NC(=O)[C@@H](NC(=O)[C@H](Cc1ccccc1)NC(=O)[C@@H](N)CCCN=C(N)N)[C@@H](C)O)C(=O)N[C@@H](CO)C(=O)N[C@@H](CCCCN)C(=O)N[C@@H](CC(=O)O)C(=O)N[C@@H](CC(N)=O)C(=O)N[C@@H](C)C(=O)N[C@@H](CC(=O)O)C(=O)N[C@@H](CC(N)=O)C(=O)O. The quantitative estimate of drug-likeness (QED) is 0.0164. The molecule has 1 aromatic rings. The van der Waals surface area contributed by atoms with E-state index in [2.05, 4.69) is 42.2 Å². The van der Waals surface area contributed by atoms with E-state index in [0.29, 0.717) is 12.0 Å². The maximum atomic E-state index is 14.0. The van der Waals surface area contributed by atoms with E-state index in [0.717, 1.165) is 13.8 Å². The van der Waals surface area contributed by atoms with Crippen molar-refractivity contribution in [2.75, 3.05) is 19.7 Å². The van der Waals surface area contributed by atoms with Crippen molar-refractivity contribution in [3.8, 4) is 0 Å². The van der Waals surface area contributed by atoms with Gasteiger partial charge >= 0.3 is 17.9 Å². The molecule has 37 nitrogen and oxygen atoms in total. The molecule has 0 saturated carbocycles. The number of aliphatic carboxylic acids is 3. The third-order valence-electron chi connectivity index (χ3n) is 13.3. The molecule has 0 aliphatic heterocycles. The second-order valence-electron chi connectivity index (χ2n) is 20.8. The number of rotatable bonds is 43. The Morgan fingerprint density at radius 1 is 0.489 bits per heavy atom. The summed E-state index contributed by atoms with van der Waals surface area (Å²) >= 11 is 0. The summed E-state index contributed by atoms with van der Waals surface area (Å²) in [5.41, 5.74) is 33.4. The van der Waals surface area contributed by atoms with Gasteiger partial charge in [0.15, 0.2) is 5.96 Å². The van der Waals surface area contributed by atoms with Crippen molar-refractivity contribution < 1.29 is 97.5 Å². The van der Waals surface area contributed by atoms with E-state index in [1.54, 1.807) is 37.3 Å². The summed E-state index contributed by atoms with van der Waals surface area (Å²) in [5, 5.41) is 71.8. The Bertz CT molecular complexity index is 2720. The number of carbonyl (C=O) groups is 15. The average Bonchev–Trinajstić information content (AvgIpc) is 2.89. The number of carbonyl (C=O) groups excluding carboxylic acids is 12. The molecule has 0 saturated heterocycles. The van der Waals surface area contributed by atoms with Crippen LogP contribution in [0.15, 0.2) is 35.3 Å². The lowest BCUT2D eigenvalue weighted by atomic mass is 9.97. The summed E-state index contributed by atoms with van der Waals surface area (Å²) in [4.78, 5) is 199. The highest BCUT2D eigenvalue weighted by Gasteiger charge is 2.38. The fourth-order valence-electron chi connectivity index (χ4n) is 8.15. The molecule has 12 amide bonds. The van der Waals surface area contributed by atoms with Gasteiger partial charge in [-0.15, -0.1) is 0 Å². The monoisotopic (exact) mass is 1280 g/mol. The third kappa shape index (κ3) is 29.4. The lowest BCUT2D eigenvalue weighted by Crippen LogP contribution is -2.63. The first kappa shape index (κ1) is 78.4. The third-order valence-corrected chi connectivity index (χ3v) is 13.3. The van der Waals surface area contributed by atoms with Crippen molar-refractivity contribution in [1.29, 1.82) is 0 Å². The molecule has 1 rings (SSSR count). The Balaban J connectivity index is 3.42. The number of guanidine groups is 1. The number of carboxylic acids is 3. The largest absolute Gasteiger partial charge is 0.481 e. The molecule has 13 atom stereocenters. The molecule has 0 unspecified atom stereocenters. The Morgan fingerprint density at radius 3 is 1.41 bits per heavy atom. The van der Waals surface area contributed by atoms with Gasteiger partial charge in [0.25, 0.3) is 0 Å². The second-order valence-corrected chi connectivity index (χ2v) is 20.8. The van der Waals surface area contributed by atoms with Gasteiger partial charge in [-0.1, -0.05) is 50.6 Å². The topological polar surface area (TPSA) is 646 Å². The second kappa shape index (κ2) is 40.0. The Morgan fingerprint density at radius 2 is 0.922 bits per heavy atom. The Kier molecular flexibility index (Phi) is 34.9. The first-order chi connectivity index (χ1) is 42.1. The number of carboxylic acid groups (broad SMARTS) is 3. The fourth-order valence-corrected chi connectivity index (χ4v) is 8.15. The van der Waals surface area contributed by atoms with Crippen LogP contribution in [-0.4, -0.2) is 213 Å². The summed E-state index contributed by atoms with van der Waals surface area (Å²) in [5.74, 6) is -20.4. The molecule has 502 valence electrons. The van der Waals surface area contributed by atoms with Gasteiger partial charge in [0.2, 0.25) is 70.9 Å². The molecule has 90 heavy (non-hydrogen) atoms. The number of nitrogens with two attached hydrogens (primary N) is 6. The maximum absolute atomic E-state index is 14.0. The summed E-state index contributed by atoms with van der Waals surface area (Å²) < 4.78 is 0. The lowest BCUT2D eigenvalue weighted by Gasteiger charge is -2.30. The Hall–Kier alpha value is -9.62. The molecule has 0 radical (unpaired) electrons. The average molecular weight is 1280 g/mol. The van der Waals surface area contributed by atoms with Gasteiger partial charge in [-0.3, -0.25) is 72.1 Å². The highest BCUT2D eigenvalue weighted by Crippen LogP contribution is 2.12. The van der Waals surface area contributed by atoms with Crippen LogP contribution in [0.25, 0.3) is 0 Å². The minimum atomic E-state index is -2.12. The minimum absolute atomic E-state index is 0.0701. The summed E-state index contributed by atoms with van der Waals surface area (Å²) in [6.07, 6.45) is -5.42. The van der Waals surface area contributed by atoms with Crippen LogP contribution < -0.4 is 87.6 Å². The van der Waals surface area contributed by atoms with Crippen LogP contribution in [0.3, 0.4) is 0 Å². The zero-order chi connectivity index (χ0) is 68.5. The van der Waals surface area contributed by atoms with E-state index in [1.807, 2.05) is 16.0 Å². The molecule has 27 N–H and O–H groups in total. The Labute approximate surface area is 515 Å². The molecule has 37 heteroatoms. The summed E-state index contributed by atoms with van der Waals surface area (Å²) in [7, 11) is 0. The molecular weight excluding hydrogens is 1190 g/mol. The highest BCUT2D eigenvalue weighted by atomic mass is 16.4. The van der Waals surface area contributed by atoms with Crippen LogP contribution in [0.4, 0.5) is 0 Å². The molecule has 0 aliphatic carbocycles. The van der Waals surface area contributed by atoms with Crippen LogP contribution in [0.2, 0.25) is 0 Å². The van der Waals surface area contributed by atoms with Crippen molar-refractivity contribution >= 4 is 94.8 Å². The predicted octanol–water partition coefficient (Wildman–Crippen LogP) is -9.19. The van der Waals surface area contributed by atoms with Gasteiger partial charge < -0.3 is 113 Å². The first-order valence-electron chi connectivity index (χ1n) is 28.3. The van der Waals surface area contributed by atoms with Crippen LogP contribution in [0.1, 0.15) is 97.5 Å². The number of nitrogens with zero attached hydrogens (tertiary/aromatic N) is 1. The summed E-state index contributed by atoms with van der Waals surface area (Å²) in [6, 6.07) is -10.9. The number of amides is 12. The zero-order valence-corrected chi connectivity index (χ0v) is 50.1. The van der Waals surface area contributed by atoms with Crippen molar-refractivity contribution in [1.82, 2.24) is 53.2 Å². The van der Waals surface area contributed by atoms with E-state index < -0.39 is 200 Å². The molecule has 0 bridgehead atoms. The molecule has 0 spiro atoms. The van der Waals surface area contributed by atoms with Crippen molar-refractivity contribution in [3.63, 3.8) is 0 Å². The molecule has 1 aromatic carbocycles. The van der Waals surface area contributed by atoms with E-state index in [1.165, 1.54) is 6.92 Å². The maximum Gasteiger partial charge on any atom is 0.326 e. The predicted molar refractivity (Wildman–Crippen MR) is 314 cm³/mol.